The van der Waals surface area contributed by atoms with E-state index in [4.69, 9.17) is 23.2 Å². The molecule has 4 N–H and O–H groups in total. The standard InChI is InChI=1S/C28H32Cl2FN3O3/c1-26(2,3)13-21-28(19-6-5-15(29)10-20(19)33-25(28)36)22(14-7-16(30)9-17(31)8-14)23(34-21)24(35)32-18-11-27(4,37)12-18/h5-10,18,21-23,34,37H,11-13H2,1-4H3,(H,32,35)(H,33,36)/t18?,21-,22-,23+,27?,28-/m0/s1. The largest absolute Gasteiger partial charge is 0.390 e. The molecule has 0 aromatic heterocycles. The zero-order chi connectivity index (χ0) is 26.9. The first-order valence-corrected chi connectivity index (χ1v) is 13.3. The van der Waals surface area contributed by atoms with Gasteiger partial charge in [0.1, 0.15) is 11.2 Å². The molecule has 1 aliphatic carbocycles. The van der Waals surface area contributed by atoms with Crippen molar-refractivity contribution in [1.82, 2.24) is 10.6 Å². The van der Waals surface area contributed by atoms with Gasteiger partial charge >= 0.3 is 0 Å². The molecule has 9 heteroatoms. The number of hydrogen-bond acceptors (Lipinski definition) is 4. The smallest absolute Gasteiger partial charge is 0.238 e. The first kappa shape index (κ1) is 26.4. The Bertz CT molecular complexity index is 1250. The summed E-state index contributed by atoms with van der Waals surface area (Å²) in [7, 11) is 0. The summed E-state index contributed by atoms with van der Waals surface area (Å²) in [6, 6.07) is 7.99. The van der Waals surface area contributed by atoms with Gasteiger partial charge in [-0.3, -0.25) is 9.59 Å². The highest BCUT2D eigenvalue weighted by Crippen LogP contribution is 2.57. The lowest BCUT2D eigenvalue weighted by molar-refractivity contribution is -0.127. The normalized spacial score (nSPS) is 32.7. The molecule has 0 radical (unpaired) electrons. The van der Waals surface area contributed by atoms with Gasteiger partial charge in [0.15, 0.2) is 0 Å². The Hall–Kier alpha value is -2.19. The number of fused-ring (bicyclic) bond motifs is 2. The SMILES string of the molecule is CC(C)(C)C[C@@H]1N[C@@H](C(=O)NC2CC(C)(O)C2)[C@H](c2cc(F)cc(Cl)c2)[C@@]12C(=O)Nc1cc(Cl)ccc12. The Morgan fingerprint density at radius 1 is 1.16 bits per heavy atom. The van der Waals surface area contributed by atoms with Crippen LogP contribution in [0.1, 0.15) is 64.0 Å². The van der Waals surface area contributed by atoms with Gasteiger partial charge in [0.2, 0.25) is 11.8 Å². The summed E-state index contributed by atoms with van der Waals surface area (Å²) in [5, 5.41) is 20.4. The van der Waals surface area contributed by atoms with Crippen LogP contribution in [0.5, 0.6) is 0 Å². The van der Waals surface area contributed by atoms with Gasteiger partial charge < -0.3 is 21.1 Å². The lowest BCUT2D eigenvalue weighted by Gasteiger charge is -2.42. The van der Waals surface area contributed by atoms with Crippen molar-refractivity contribution in [3.8, 4) is 0 Å². The molecule has 1 saturated heterocycles. The summed E-state index contributed by atoms with van der Waals surface area (Å²) in [4.78, 5) is 27.9. The van der Waals surface area contributed by atoms with Crippen LogP contribution in [0.2, 0.25) is 10.0 Å². The molecule has 0 bridgehead atoms. The maximum Gasteiger partial charge on any atom is 0.238 e. The van der Waals surface area contributed by atoms with E-state index < -0.39 is 34.8 Å². The third-order valence-corrected chi connectivity index (χ3v) is 8.32. The predicted molar refractivity (Wildman–Crippen MR) is 142 cm³/mol. The van der Waals surface area contributed by atoms with Crippen molar-refractivity contribution in [2.45, 2.75) is 82.0 Å². The van der Waals surface area contributed by atoms with E-state index in [0.29, 0.717) is 35.5 Å². The number of carbonyl (C=O) groups excluding carboxylic acids is 2. The zero-order valence-electron chi connectivity index (χ0n) is 21.3. The molecule has 4 atom stereocenters. The van der Waals surface area contributed by atoms with Crippen LogP contribution < -0.4 is 16.0 Å². The molecule has 1 saturated carbocycles. The molecule has 1 spiro atoms. The van der Waals surface area contributed by atoms with Crippen LogP contribution in [0.15, 0.2) is 36.4 Å². The molecule has 2 aromatic rings. The molecule has 6 nitrogen and oxygen atoms in total. The predicted octanol–water partition coefficient (Wildman–Crippen LogP) is 4.91. The highest BCUT2D eigenvalue weighted by Gasteiger charge is 2.66. The maximum absolute atomic E-state index is 14.7. The molecule has 2 heterocycles. The van der Waals surface area contributed by atoms with Gasteiger partial charge in [-0.05, 0) is 73.1 Å². The number of rotatable bonds is 4. The first-order valence-electron chi connectivity index (χ1n) is 12.6. The lowest BCUT2D eigenvalue weighted by atomic mass is 9.62. The van der Waals surface area contributed by atoms with Gasteiger partial charge in [-0.25, -0.2) is 4.39 Å². The zero-order valence-corrected chi connectivity index (χ0v) is 22.8. The average Bonchev–Trinajstić information content (AvgIpc) is 3.20. The number of halogens is 3. The second kappa shape index (κ2) is 8.94. The fraction of sp³-hybridized carbons (Fsp3) is 0.500. The highest BCUT2D eigenvalue weighted by molar-refractivity contribution is 6.31. The van der Waals surface area contributed by atoms with Crippen molar-refractivity contribution in [3.05, 3.63) is 63.4 Å². The van der Waals surface area contributed by atoms with E-state index in [0.717, 1.165) is 5.56 Å². The van der Waals surface area contributed by atoms with Crippen molar-refractivity contribution >= 4 is 40.7 Å². The van der Waals surface area contributed by atoms with Gasteiger partial charge in [-0.2, -0.15) is 0 Å². The Kier molecular flexibility index (Phi) is 6.38. The van der Waals surface area contributed by atoms with Gasteiger partial charge in [-0.15, -0.1) is 0 Å². The fourth-order valence-corrected chi connectivity index (χ4v) is 6.97. The Labute approximate surface area is 226 Å². The molecule has 5 rings (SSSR count). The van der Waals surface area contributed by atoms with Gasteiger partial charge in [0.25, 0.3) is 0 Å². The quantitative estimate of drug-likeness (QED) is 0.437. The second-order valence-electron chi connectivity index (χ2n) is 12.3. The van der Waals surface area contributed by atoms with Crippen molar-refractivity contribution in [2.75, 3.05) is 5.32 Å². The molecular formula is C28H32Cl2FN3O3. The van der Waals surface area contributed by atoms with E-state index in [1.807, 2.05) is 6.07 Å². The summed E-state index contributed by atoms with van der Waals surface area (Å²) in [6.07, 6.45) is 1.46. The topological polar surface area (TPSA) is 90.5 Å². The van der Waals surface area contributed by atoms with E-state index in [1.165, 1.54) is 12.1 Å². The lowest BCUT2D eigenvalue weighted by Crippen LogP contribution is -2.57. The van der Waals surface area contributed by atoms with Gasteiger partial charge in [-0.1, -0.05) is 50.0 Å². The van der Waals surface area contributed by atoms with Crippen LogP contribution in [0, 0.1) is 11.2 Å². The average molecular weight is 548 g/mol. The van der Waals surface area contributed by atoms with Crippen LogP contribution in [-0.4, -0.2) is 40.6 Å². The molecule has 37 heavy (non-hydrogen) atoms. The molecular weight excluding hydrogens is 516 g/mol. The van der Waals surface area contributed by atoms with E-state index in [2.05, 4.69) is 36.7 Å². The number of nitrogens with one attached hydrogen (secondary N) is 3. The highest BCUT2D eigenvalue weighted by atomic mass is 35.5. The molecule has 2 fully saturated rings. The van der Waals surface area contributed by atoms with E-state index >= 15 is 0 Å². The maximum atomic E-state index is 14.7. The molecule has 0 unspecified atom stereocenters. The number of amides is 2. The summed E-state index contributed by atoms with van der Waals surface area (Å²) in [5.74, 6) is -1.85. The number of aliphatic hydroxyl groups is 1. The number of anilines is 1. The molecule has 2 amide bonds. The molecule has 2 aromatic carbocycles. The van der Waals surface area contributed by atoms with E-state index in [1.54, 1.807) is 25.1 Å². The summed E-state index contributed by atoms with van der Waals surface area (Å²) >= 11 is 12.6. The Morgan fingerprint density at radius 2 is 1.86 bits per heavy atom. The number of carbonyl (C=O) groups is 2. The van der Waals surface area contributed by atoms with Gasteiger partial charge in [0.05, 0.1) is 11.6 Å². The van der Waals surface area contributed by atoms with Crippen LogP contribution in [-0.2, 0) is 15.0 Å². The Balaban J connectivity index is 1.68. The monoisotopic (exact) mass is 547 g/mol. The molecule has 2 aliphatic heterocycles. The van der Waals surface area contributed by atoms with Gasteiger partial charge in [0, 0.05) is 33.7 Å². The van der Waals surface area contributed by atoms with Crippen LogP contribution in [0.25, 0.3) is 0 Å². The summed E-state index contributed by atoms with van der Waals surface area (Å²) < 4.78 is 14.7. The van der Waals surface area contributed by atoms with Crippen molar-refractivity contribution in [2.24, 2.45) is 5.41 Å². The fourth-order valence-electron chi connectivity index (χ4n) is 6.57. The van der Waals surface area contributed by atoms with Crippen LogP contribution in [0.3, 0.4) is 0 Å². The van der Waals surface area contributed by atoms with E-state index in [9.17, 15) is 19.1 Å². The number of benzene rings is 2. The molecule has 3 aliphatic rings. The van der Waals surface area contributed by atoms with E-state index in [-0.39, 0.29) is 28.3 Å². The third kappa shape index (κ3) is 4.65. The van der Waals surface area contributed by atoms with Crippen molar-refractivity contribution in [1.29, 1.82) is 0 Å². The minimum Gasteiger partial charge on any atom is -0.390 e. The summed E-state index contributed by atoms with van der Waals surface area (Å²) in [5.41, 5.74) is -0.444. The van der Waals surface area contributed by atoms with Crippen LogP contribution in [0.4, 0.5) is 10.1 Å². The summed E-state index contributed by atoms with van der Waals surface area (Å²) in [6.45, 7) is 7.97. The number of hydrogen-bond donors (Lipinski definition) is 4. The van der Waals surface area contributed by atoms with Crippen molar-refractivity contribution < 1.29 is 19.1 Å². The molecule has 198 valence electrons. The minimum atomic E-state index is -1.21. The Morgan fingerprint density at radius 3 is 2.49 bits per heavy atom. The third-order valence-electron chi connectivity index (χ3n) is 7.87. The first-order chi connectivity index (χ1) is 17.2. The minimum absolute atomic E-state index is 0.179. The van der Waals surface area contributed by atoms with Crippen molar-refractivity contribution in [3.63, 3.8) is 0 Å². The van der Waals surface area contributed by atoms with Crippen LogP contribution >= 0.6 is 23.2 Å². The second-order valence-corrected chi connectivity index (χ2v) is 13.1.